The van der Waals surface area contributed by atoms with Crippen molar-refractivity contribution in [3.63, 3.8) is 0 Å². The summed E-state index contributed by atoms with van der Waals surface area (Å²) in [4.78, 5) is 17.1. The van der Waals surface area contributed by atoms with Crippen LogP contribution in [0.1, 0.15) is 48.8 Å². The third-order valence-corrected chi connectivity index (χ3v) is 6.47. The van der Waals surface area contributed by atoms with Crippen LogP contribution in [-0.2, 0) is 13.1 Å². The van der Waals surface area contributed by atoms with E-state index in [0.717, 1.165) is 42.8 Å². The quantitative estimate of drug-likeness (QED) is 0.570. The number of carboxylic acid groups (broad SMARTS) is 1. The molecule has 1 aliphatic carbocycles. The average molecular weight is 474 g/mol. The summed E-state index contributed by atoms with van der Waals surface area (Å²) < 4.78 is 8.08. The first-order chi connectivity index (χ1) is 15.5. The van der Waals surface area contributed by atoms with E-state index in [4.69, 9.17) is 27.9 Å². The van der Waals surface area contributed by atoms with Gasteiger partial charge in [-0.25, -0.2) is 4.79 Å². The highest BCUT2D eigenvalue weighted by molar-refractivity contribution is 6.30. The third-order valence-electron chi connectivity index (χ3n) is 6.02. The number of halogens is 2. The molecule has 166 valence electrons. The van der Waals surface area contributed by atoms with Crippen molar-refractivity contribution in [2.24, 2.45) is 0 Å². The van der Waals surface area contributed by atoms with Gasteiger partial charge in [0.25, 0.3) is 0 Å². The van der Waals surface area contributed by atoms with E-state index in [0.29, 0.717) is 21.6 Å². The highest BCUT2D eigenvalue weighted by atomic mass is 35.5. The highest BCUT2D eigenvalue weighted by Crippen LogP contribution is 2.37. The maximum absolute atomic E-state index is 11.7. The van der Waals surface area contributed by atoms with Crippen molar-refractivity contribution in [3.8, 4) is 11.4 Å². The number of hydrogen-bond acceptors (Lipinski definition) is 5. The highest BCUT2D eigenvalue weighted by Gasteiger charge is 2.32. The molecule has 0 bridgehead atoms. The molecule has 1 N–H and O–H groups in total. The fourth-order valence-electron chi connectivity index (χ4n) is 4.51. The average Bonchev–Trinajstić information content (AvgIpc) is 3.10. The number of nitrogens with zero attached hydrogens (tertiary/aromatic N) is 5. The number of pyridine rings is 1. The smallest absolute Gasteiger partial charge is 0.408 e. The molecule has 0 atom stereocenters. The Morgan fingerprint density at radius 2 is 1.84 bits per heavy atom. The summed E-state index contributed by atoms with van der Waals surface area (Å²) in [5.41, 5.74) is 1.72. The molecule has 2 aromatic heterocycles. The van der Waals surface area contributed by atoms with E-state index in [2.05, 4.69) is 15.2 Å². The third kappa shape index (κ3) is 4.12. The zero-order valence-electron chi connectivity index (χ0n) is 17.1. The van der Waals surface area contributed by atoms with Gasteiger partial charge in [0.2, 0.25) is 0 Å². The van der Waals surface area contributed by atoms with Crippen LogP contribution in [0.3, 0.4) is 0 Å². The van der Waals surface area contributed by atoms with Gasteiger partial charge in [0, 0.05) is 23.2 Å². The van der Waals surface area contributed by atoms with Gasteiger partial charge in [-0.05, 0) is 49.4 Å². The Morgan fingerprint density at radius 1 is 1.03 bits per heavy atom. The maximum atomic E-state index is 11.7. The Kier molecular flexibility index (Phi) is 5.65. The Morgan fingerprint density at radius 3 is 2.59 bits per heavy atom. The SMILES string of the molecule is O=C(O)N1Cc2cc(Cl)ccc2-n2c(nnc2[C@H]2CC[C@H](Oc3cncc(Cl)c3)CC2)C1. The standard InChI is InChI=1S/C22H21Cl2N5O3/c23-15-3-6-19-14(7-15)11-28(22(30)31)12-20-26-27-21(29(19)20)13-1-4-17(5-2-13)32-18-8-16(24)9-25-10-18/h3,6-10,13,17H,1-2,4-5,11-12H2,(H,30,31)/t13-,17-. The van der Waals surface area contributed by atoms with E-state index in [1.807, 2.05) is 22.8 Å². The number of ether oxygens (including phenoxy) is 1. The largest absolute Gasteiger partial charge is 0.489 e. The fraction of sp³-hybridized carbons (Fsp3) is 0.364. The van der Waals surface area contributed by atoms with E-state index < -0.39 is 6.09 Å². The molecule has 8 nitrogen and oxygen atoms in total. The van der Waals surface area contributed by atoms with Gasteiger partial charge in [-0.15, -0.1) is 10.2 Å². The molecule has 10 heteroatoms. The van der Waals surface area contributed by atoms with Crippen LogP contribution in [0.4, 0.5) is 4.79 Å². The Labute approximate surface area is 194 Å². The minimum Gasteiger partial charge on any atom is -0.489 e. The number of fused-ring (bicyclic) bond motifs is 3. The zero-order chi connectivity index (χ0) is 22.2. The van der Waals surface area contributed by atoms with Crippen molar-refractivity contribution in [1.82, 2.24) is 24.6 Å². The molecule has 3 aromatic rings. The maximum Gasteiger partial charge on any atom is 0.408 e. The van der Waals surface area contributed by atoms with E-state index in [9.17, 15) is 9.90 Å². The van der Waals surface area contributed by atoms with Crippen LogP contribution in [0.15, 0.2) is 36.7 Å². The lowest BCUT2D eigenvalue weighted by atomic mass is 9.86. The van der Waals surface area contributed by atoms with E-state index in [-0.39, 0.29) is 25.1 Å². The van der Waals surface area contributed by atoms with Crippen molar-refractivity contribution in [2.45, 2.75) is 50.8 Å². The predicted molar refractivity (Wildman–Crippen MR) is 119 cm³/mol. The van der Waals surface area contributed by atoms with Gasteiger partial charge in [0.05, 0.1) is 36.1 Å². The topological polar surface area (TPSA) is 93.4 Å². The predicted octanol–water partition coefficient (Wildman–Crippen LogP) is 5.07. The first-order valence-corrected chi connectivity index (χ1v) is 11.2. The summed E-state index contributed by atoms with van der Waals surface area (Å²) in [5.74, 6) is 2.36. The number of hydrogen-bond donors (Lipinski definition) is 1. The number of aromatic nitrogens is 4. The lowest BCUT2D eigenvalue weighted by Crippen LogP contribution is -2.28. The van der Waals surface area contributed by atoms with Gasteiger partial charge in [0.1, 0.15) is 11.6 Å². The van der Waals surface area contributed by atoms with Crippen LogP contribution in [0, 0.1) is 0 Å². The second-order valence-corrected chi connectivity index (χ2v) is 9.02. The molecule has 1 aliphatic heterocycles. The second-order valence-electron chi connectivity index (χ2n) is 8.15. The molecular weight excluding hydrogens is 453 g/mol. The van der Waals surface area contributed by atoms with Gasteiger partial charge in [0.15, 0.2) is 5.82 Å². The van der Waals surface area contributed by atoms with Crippen molar-refractivity contribution in [2.75, 3.05) is 0 Å². The summed E-state index contributed by atoms with van der Waals surface area (Å²) in [6, 6.07) is 7.32. The molecule has 32 heavy (non-hydrogen) atoms. The Hall–Kier alpha value is -2.84. The van der Waals surface area contributed by atoms with E-state index in [1.54, 1.807) is 18.5 Å². The first kappa shape index (κ1) is 21.0. The molecule has 0 unspecified atom stereocenters. The summed E-state index contributed by atoms with van der Waals surface area (Å²) in [7, 11) is 0. The minimum atomic E-state index is -0.998. The molecule has 0 saturated heterocycles. The second kappa shape index (κ2) is 8.60. The van der Waals surface area contributed by atoms with E-state index >= 15 is 0 Å². The number of carbonyl (C=O) groups is 1. The molecule has 1 fully saturated rings. The summed E-state index contributed by atoms with van der Waals surface area (Å²) in [5, 5.41) is 19.6. The van der Waals surface area contributed by atoms with E-state index in [1.165, 1.54) is 4.90 Å². The van der Waals surface area contributed by atoms with Gasteiger partial charge in [-0.2, -0.15) is 0 Å². The monoisotopic (exact) mass is 473 g/mol. The van der Waals surface area contributed by atoms with Crippen LogP contribution in [0.2, 0.25) is 10.0 Å². The molecule has 1 saturated carbocycles. The summed E-state index contributed by atoms with van der Waals surface area (Å²) in [6.07, 6.45) is 5.87. The molecular formula is C22H21Cl2N5O3. The number of amides is 1. The molecule has 1 amide bonds. The number of rotatable bonds is 3. The Balaban J connectivity index is 1.39. The number of benzene rings is 1. The Bertz CT molecular complexity index is 1160. The van der Waals surface area contributed by atoms with Crippen molar-refractivity contribution in [3.05, 3.63) is 63.9 Å². The minimum absolute atomic E-state index is 0.0895. The van der Waals surface area contributed by atoms with Gasteiger partial charge in [-0.3, -0.25) is 14.5 Å². The fourth-order valence-corrected chi connectivity index (χ4v) is 4.87. The van der Waals surface area contributed by atoms with Crippen LogP contribution in [0.25, 0.3) is 5.69 Å². The molecule has 1 aromatic carbocycles. The lowest BCUT2D eigenvalue weighted by Gasteiger charge is -2.29. The van der Waals surface area contributed by atoms with Crippen molar-refractivity contribution < 1.29 is 14.6 Å². The molecule has 0 radical (unpaired) electrons. The zero-order valence-corrected chi connectivity index (χ0v) is 18.6. The molecule has 2 aliphatic rings. The van der Waals surface area contributed by atoms with Gasteiger partial charge >= 0.3 is 6.09 Å². The normalized spacial score (nSPS) is 20.2. The van der Waals surface area contributed by atoms with Crippen LogP contribution in [-0.4, -0.2) is 42.0 Å². The summed E-state index contributed by atoms with van der Waals surface area (Å²) in [6.45, 7) is 0.428. The van der Waals surface area contributed by atoms with Crippen LogP contribution < -0.4 is 4.74 Å². The van der Waals surface area contributed by atoms with Crippen molar-refractivity contribution in [1.29, 1.82) is 0 Å². The van der Waals surface area contributed by atoms with Gasteiger partial charge < -0.3 is 9.84 Å². The first-order valence-electron chi connectivity index (χ1n) is 10.5. The lowest BCUT2D eigenvalue weighted by molar-refractivity contribution is 0.138. The molecule has 3 heterocycles. The molecule has 0 spiro atoms. The van der Waals surface area contributed by atoms with Crippen LogP contribution in [0.5, 0.6) is 5.75 Å². The van der Waals surface area contributed by atoms with Crippen molar-refractivity contribution >= 4 is 29.3 Å². The van der Waals surface area contributed by atoms with Crippen LogP contribution >= 0.6 is 23.2 Å². The summed E-state index contributed by atoms with van der Waals surface area (Å²) >= 11 is 12.2. The molecule has 5 rings (SSSR count). The van der Waals surface area contributed by atoms with Gasteiger partial charge in [-0.1, -0.05) is 23.2 Å².